The first kappa shape index (κ1) is 20.3. The first-order valence-electron chi connectivity index (χ1n) is 8.77. The summed E-state index contributed by atoms with van der Waals surface area (Å²) < 4.78 is 26.4. The van der Waals surface area contributed by atoms with Crippen LogP contribution in [0.2, 0.25) is 0 Å². The molecular formula is C20H20N6O2S. The molecule has 148 valence electrons. The maximum Gasteiger partial charge on any atom is 0.240 e. The highest BCUT2D eigenvalue weighted by atomic mass is 32.2. The number of sulfonamides is 1. The van der Waals surface area contributed by atoms with Crippen molar-refractivity contribution < 1.29 is 8.42 Å². The van der Waals surface area contributed by atoms with Gasteiger partial charge in [0.15, 0.2) is 0 Å². The Labute approximate surface area is 169 Å². The van der Waals surface area contributed by atoms with Crippen molar-refractivity contribution in [1.29, 1.82) is 5.26 Å². The highest BCUT2D eigenvalue weighted by molar-refractivity contribution is 7.89. The molecule has 0 saturated carbocycles. The highest BCUT2D eigenvalue weighted by Crippen LogP contribution is 2.24. The first-order chi connectivity index (χ1) is 13.9. The van der Waals surface area contributed by atoms with Crippen molar-refractivity contribution in [2.45, 2.75) is 18.2 Å². The molecule has 3 rings (SSSR count). The van der Waals surface area contributed by atoms with E-state index in [9.17, 15) is 8.42 Å². The van der Waals surface area contributed by atoms with E-state index in [1.807, 2.05) is 31.2 Å². The quantitative estimate of drug-likeness (QED) is 0.549. The first-order valence-corrected chi connectivity index (χ1v) is 10.3. The molecule has 0 fully saturated rings. The summed E-state index contributed by atoms with van der Waals surface area (Å²) in [7, 11) is -2.17. The second-order valence-electron chi connectivity index (χ2n) is 6.25. The number of rotatable bonds is 7. The van der Waals surface area contributed by atoms with Gasteiger partial charge in [0.25, 0.3) is 0 Å². The second kappa shape index (κ2) is 8.68. The fraction of sp³-hybridized carbons (Fsp3) is 0.150. The van der Waals surface area contributed by atoms with Gasteiger partial charge in [-0.25, -0.2) is 23.1 Å². The van der Waals surface area contributed by atoms with Crippen molar-refractivity contribution in [1.82, 2.24) is 14.7 Å². The number of hydrogen-bond acceptors (Lipinski definition) is 7. The zero-order chi connectivity index (χ0) is 20.9. The van der Waals surface area contributed by atoms with Gasteiger partial charge in [-0.3, -0.25) is 0 Å². The van der Waals surface area contributed by atoms with E-state index in [4.69, 9.17) is 5.26 Å². The molecule has 0 amide bonds. The smallest absolute Gasteiger partial charge is 0.240 e. The summed E-state index contributed by atoms with van der Waals surface area (Å²) in [6.45, 7) is 1.88. The van der Waals surface area contributed by atoms with Crippen molar-refractivity contribution in [3.8, 4) is 6.07 Å². The molecule has 0 aliphatic carbocycles. The van der Waals surface area contributed by atoms with E-state index in [0.717, 1.165) is 16.8 Å². The molecule has 3 N–H and O–H groups in total. The lowest BCUT2D eigenvalue weighted by molar-refractivity contribution is 0.588. The zero-order valence-corrected chi connectivity index (χ0v) is 16.8. The lowest BCUT2D eigenvalue weighted by Crippen LogP contribution is -2.18. The van der Waals surface area contributed by atoms with Crippen molar-refractivity contribution in [3.63, 3.8) is 0 Å². The predicted molar refractivity (Wildman–Crippen MR) is 112 cm³/mol. The summed E-state index contributed by atoms with van der Waals surface area (Å²) in [4.78, 5) is 8.58. The van der Waals surface area contributed by atoms with Crippen molar-refractivity contribution in [3.05, 3.63) is 66.0 Å². The summed E-state index contributed by atoms with van der Waals surface area (Å²) >= 11 is 0. The molecule has 0 spiro atoms. The van der Waals surface area contributed by atoms with E-state index in [1.165, 1.54) is 13.4 Å². The van der Waals surface area contributed by atoms with Crippen LogP contribution in [-0.2, 0) is 16.4 Å². The van der Waals surface area contributed by atoms with Crippen LogP contribution in [0, 0.1) is 18.3 Å². The van der Waals surface area contributed by atoms with Gasteiger partial charge >= 0.3 is 0 Å². The van der Waals surface area contributed by atoms with Crippen LogP contribution < -0.4 is 15.4 Å². The Balaban J connectivity index is 1.80. The van der Waals surface area contributed by atoms with E-state index < -0.39 is 10.0 Å². The van der Waals surface area contributed by atoms with E-state index in [-0.39, 0.29) is 4.90 Å². The molecule has 0 atom stereocenters. The van der Waals surface area contributed by atoms with Crippen molar-refractivity contribution >= 4 is 33.0 Å². The van der Waals surface area contributed by atoms with E-state index in [0.29, 0.717) is 23.7 Å². The summed E-state index contributed by atoms with van der Waals surface area (Å²) in [5, 5.41) is 15.1. The van der Waals surface area contributed by atoms with E-state index in [1.54, 1.807) is 24.3 Å². The Morgan fingerprint density at radius 2 is 1.69 bits per heavy atom. The Hall–Kier alpha value is -3.48. The SMILES string of the molecule is CNS(=O)(=O)c1ccc(C)c(Nc2cc(Nc3ccc(CC#N)cc3)ncn2)c1. The number of nitriles is 1. The molecule has 0 aliphatic heterocycles. The molecule has 0 saturated heterocycles. The molecule has 0 aliphatic rings. The minimum absolute atomic E-state index is 0.165. The van der Waals surface area contributed by atoms with Crippen LogP contribution in [-0.4, -0.2) is 25.4 Å². The van der Waals surface area contributed by atoms with Crippen molar-refractivity contribution in [2.24, 2.45) is 0 Å². The van der Waals surface area contributed by atoms with Gasteiger partial charge in [0.05, 0.1) is 17.4 Å². The molecule has 1 heterocycles. The topological polar surface area (TPSA) is 120 Å². The average molecular weight is 408 g/mol. The van der Waals surface area contributed by atoms with Gasteiger partial charge in [-0.15, -0.1) is 0 Å². The number of aromatic nitrogens is 2. The van der Waals surface area contributed by atoms with Gasteiger partial charge < -0.3 is 10.6 Å². The van der Waals surface area contributed by atoms with E-state index >= 15 is 0 Å². The number of benzene rings is 2. The largest absolute Gasteiger partial charge is 0.340 e. The van der Waals surface area contributed by atoms with Crippen LogP contribution in [0.4, 0.5) is 23.0 Å². The normalized spacial score (nSPS) is 10.9. The Morgan fingerprint density at radius 3 is 2.34 bits per heavy atom. The van der Waals surface area contributed by atoms with E-state index in [2.05, 4.69) is 31.4 Å². The highest BCUT2D eigenvalue weighted by Gasteiger charge is 2.13. The number of aryl methyl sites for hydroxylation is 1. The minimum Gasteiger partial charge on any atom is -0.340 e. The standard InChI is InChI=1S/C20H20N6O2S/c1-14-3-8-17(29(27,28)22-2)11-18(14)26-20-12-19(23-13-24-20)25-16-6-4-15(5-7-16)9-10-21/h3-8,11-13,22H,9H2,1-2H3,(H2,23,24,25,26). The van der Waals surface area contributed by atoms with Crippen LogP contribution in [0.3, 0.4) is 0 Å². The molecule has 2 aromatic carbocycles. The lowest BCUT2D eigenvalue weighted by Gasteiger charge is -2.12. The fourth-order valence-corrected chi connectivity index (χ4v) is 3.35. The van der Waals surface area contributed by atoms with Gasteiger partial charge in [0.1, 0.15) is 18.0 Å². The summed E-state index contributed by atoms with van der Waals surface area (Å²) in [6.07, 6.45) is 1.78. The number of anilines is 4. The molecule has 0 bridgehead atoms. The second-order valence-corrected chi connectivity index (χ2v) is 8.14. The Kier molecular flexibility index (Phi) is 6.07. The number of nitrogens with zero attached hydrogens (tertiary/aromatic N) is 3. The molecule has 0 unspecified atom stereocenters. The fourth-order valence-electron chi connectivity index (χ4n) is 2.60. The molecule has 1 aromatic heterocycles. The average Bonchev–Trinajstić information content (AvgIpc) is 2.71. The van der Waals surface area contributed by atoms with Gasteiger partial charge in [-0.2, -0.15) is 5.26 Å². The van der Waals surface area contributed by atoms with Gasteiger partial charge in [0.2, 0.25) is 10.0 Å². The zero-order valence-electron chi connectivity index (χ0n) is 16.0. The van der Waals surface area contributed by atoms with Gasteiger partial charge in [-0.05, 0) is 49.4 Å². The third kappa shape index (κ3) is 5.07. The van der Waals surface area contributed by atoms with Crippen LogP contribution >= 0.6 is 0 Å². The lowest BCUT2D eigenvalue weighted by atomic mass is 10.1. The molecule has 0 radical (unpaired) electrons. The Morgan fingerprint density at radius 1 is 1.00 bits per heavy atom. The maximum atomic E-state index is 12.0. The van der Waals surface area contributed by atoms with Gasteiger partial charge in [0, 0.05) is 17.4 Å². The van der Waals surface area contributed by atoms with Crippen molar-refractivity contribution in [2.75, 3.05) is 17.7 Å². The maximum absolute atomic E-state index is 12.0. The third-order valence-corrected chi connectivity index (χ3v) is 5.64. The molecular weight excluding hydrogens is 388 g/mol. The Bertz CT molecular complexity index is 1150. The number of hydrogen-bond donors (Lipinski definition) is 3. The third-order valence-electron chi connectivity index (χ3n) is 4.23. The summed E-state index contributed by atoms with van der Waals surface area (Å²) in [5.74, 6) is 1.10. The van der Waals surface area contributed by atoms with Gasteiger partial charge in [-0.1, -0.05) is 18.2 Å². The van der Waals surface area contributed by atoms with Crippen LogP contribution in [0.5, 0.6) is 0 Å². The monoisotopic (exact) mass is 408 g/mol. The molecule has 29 heavy (non-hydrogen) atoms. The van der Waals surface area contributed by atoms with Crippen LogP contribution in [0.25, 0.3) is 0 Å². The predicted octanol–water partition coefficient (Wildman–Crippen LogP) is 3.25. The molecule has 9 heteroatoms. The molecule has 3 aromatic rings. The minimum atomic E-state index is -3.54. The van der Waals surface area contributed by atoms with Crippen LogP contribution in [0.1, 0.15) is 11.1 Å². The molecule has 8 nitrogen and oxygen atoms in total. The van der Waals surface area contributed by atoms with Crippen LogP contribution in [0.15, 0.2) is 59.8 Å². The summed E-state index contributed by atoms with van der Waals surface area (Å²) in [6, 6.07) is 16.2. The number of nitrogens with one attached hydrogen (secondary N) is 3. The summed E-state index contributed by atoms with van der Waals surface area (Å²) in [5.41, 5.74) is 3.28.